The minimum Gasteiger partial charge on any atom is -0.228 e. The minimum atomic E-state index is -2.92. The summed E-state index contributed by atoms with van der Waals surface area (Å²) in [5.41, 5.74) is 0. The van der Waals surface area contributed by atoms with E-state index in [4.69, 9.17) is 0 Å². The van der Waals surface area contributed by atoms with E-state index in [0.29, 0.717) is 0 Å². The van der Waals surface area contributed by atoms with Crippen molar-refractivity contribution in [2.24, 2.45) is 0 Å². The molecule has 0 unspecified atom stereocenters. The third-order valence-electron chi connectivity index (χ3n) is 2.64. The molecule has 14 heavy (non-hydrogen) atoms. The Morgan fingerprint density at radius 2 is 1.57 bits per heavy atom. The molecule has 5 heteroatoms. The van der Waals surface area contributed by atoms with Crippen molar-refractivity contribution in [3.8, 4) is 0 Å². The quantitative estimate of drug-likeness (QED) is 0.580. The van der Waals surface area contributed by atoms with Gasteiger partial charge in [0, 0.05) is 4.32 Å². The molecule has 0 atom stereocenters. The second kappa shape index (κ2) is 5.30. The van der Waals surface area contributed by atoms with Crippen molar-refractivity contribution in [2.75, 3.05) is 10.4 Å². The highest BCUT2D eigenvalue weighted by Crippen LogP contribution is 2.36. The van der Waals surface area contributed by atoms with Gasteiger partial charge < -0.3 is 0 Å². The first-order valence-electron chi connectivity index (χ1n) is 4.93. The number of hydrogen-bond acceptors (Lipinski definition) is 2. The molecule has 0 radical (unpaired) electrons. The number of halogens is 2. The summed E-state index contributed by atoms with van der Waals surface area (Å²) in [7, 11) is -2.92. The fourth-order valence-electron chi connectivity index (χ4n) is 1.94. The van der Waals surface area contributed by atoms with Crippen molar-refractivity contribution >= 4 is 41.7 Å². The van der Waals surface area contributed by atoms with Crippen LogP contribution in [0.1, 0.15) is 38.5 Å². The summed E-state index contributed by atoms with van der Waals surface area (Å²) in [5.74, 6) is 0.269. The molecule has 1 fully saturated rings. The molecule has 0 saturated heterocycles. The van der Waals surface area contributed by atoms with Gasteiger partial charge in [0.15, 0.2) is 9.84 Å². The van der Waals surface area contributed by atoms with Crippen molar-refractivity contribution in [3.05, 3.63) is 0 Å². The smallest absolute Gasteiger partial charge is 0.161 e. The Bertz CT molecular complexity index is 267. The van der Waals surface area contributed by atoms with E-state index in [2.05, 4.69) is 31.9 Å². The summed E-state index contributed by atoms with van der Waals surface area (Å²) in [6.45, 7) is 0. The van der Waals surface area contributed by atoms with Crippen molar-refractivity contribution < 1.29 is 8.42 Å². The minimum absolute atomic E-state index is 0.0767. The predicted octanol–water partition coefficient (Wildman–Crippen LogP) is 3.24. The van der Waals surface area contributed by atoms with Crippen LogP contribution in [0.4, 0.5) is 0 Å². The highest BCUT2D eigenvalue weighted by molar-refractivity contribution is 9.11. The molecule has 1 saturated carbocycles. The Morgan fingerprint density at radius 3 is 2.00 bits per heavy atom. The molecular weight excluding hydrogens is 332 g/mol. The molecule has 0 bridgehead atoms. The zero-order chi connectivity index (χ0) is 10.7. The largest absolute Gasteiger partial charge is 0.228 e. The summed E-state index contributed by atoms with van der Waals surface area (Å²) in [6.07, 6.45) is 6.73. The topological polar surface area (TPSA) is 34.1 Å². The van der Waals surface area contributed by atoms with Crippen LogP contribution in [-0.2, 0) is 9.84 Å². The molecular formula is C9H16Br2O2S. The first-order valence-corrected chi connectivity index (χ1v) is 8.66. The van der Waals surface area contributed by atoms with Crippen LogP contribution in [0, 0.1) is 0 Å². The number of hydrogen-bond donors (Lipinski definition) is 0. The van der Waals surface area contributed by atoms with E-state index in [1.54, 1.807) is 0 Å². The van der Waals surface area contributed by atoms with Gasteiger partial charge in [-0.2, -0.15) is 0 Å². The van der Waals surface area contributed by atoms with E-state index < -0.39 is 9.84 Å². The molecule has 84 valence electrons. The Hall–Kier alpha value is 0.910. The Kier molecular flexibility index (Phi) is 4.91. The van der Waals surface area contributed by atoms with Gasteiger partial charge >= 0.3 is 0 Å². The van der Waals surface area contributed by atoms with Crippen molar-refractivity contribution in [3.63, 3.8) is 0 Å². The van der Waals surface area contributed by atoms with Crippen LogP contribution in [0.2, 0.25) is 0 Å². The molecule has 0 aliphatic heterocycles. The molecule has 0 N–H and O–H groups in total. The SMILES string of the molecule is O=S(=O)(CBr)CC1(Br)CCCCCC1. The number of alkyl halides is 2. The normalized spacial score (nSPS) is 23.0. The average Bonchev–Trinajstić information content (AvgIpc) is 2.29. The Balaban J connectivity index is 2.64. The molecule has 1 aliphatic carbocycles. The van der Waals surface area contributed by atoms with Gasteiger partial charge in [0.25, 0.3) is 0 Å². The van der Waals surface area contributed by atoms with Crippen LogP contribution in [0.25, 0.3) is 0 Å². The van der Waals surface area contributed by atoms with Gasteiger partial charge in [-0.3, -0.25) is 0 Å². The van der Waals surface area contributed by atoms with Gasteiger partial charge in [0.1, 0.15) is 4.66 Å². The second-order valence-electron chi connectivity index (χ2n) is 4.06. The van der Waals surface area contributed by atoms with Gasteiger partial charge in [-0.25, -0.2) is 8.42 Å². The Labute approximate surface area is 103 Å². The van der Waals surface area contributed by atoms with E-state index in [-0.39, 0.29) is 14.7 Å². The molecule has 0 spiro atoms. The summed E-state index contributed by atoms with van der Waals surface area (Å²) < 4.78 is 22.9. The molecule has 2 nitrogen and oxygen atoms in total. The lowest BCUT2D eigenvalue weighted by Gasteiger charge is -2.24. The lowest BCUT2D eigenvalue weighted by molar-refractivity contribution is 0.545. The van der Waals surface area contributed by atoms with Gasteiger partial charge in [-0.1, -0.05) is 57.5 Å². The van der Waals surface area contributed by atoms with Crippen molar-refractivity contribution in [1.82, 2.24) is 0 Å². The van der Waals surface area contributed by atoms with Gasteiger partial charge in [-0.05, 0) is 12.8 Å². The van der Waals surface area contributed by atoms with Gasteiger partial charge in [0.2, 0.25) is 0 Å². The maximum absolute atomic E-state index is 11.5. The molecule has 0 aromatic heterocycles. The average molecular weight is 348 g/mol. The van der Waals surface area contributed by atoms with Gasteiger partial charge in [-0.15, -0.1) is 0 Å². The van der Waals surface area contributed by atoms with Crippen LogP contribution in [0.15, 0.2) is 0 Å². The van der Waals surface area contributed by atoms with E-state index in [0.717, 1.165) is 25.7 Å². The van der Waals surface area contributed by atoms with Crippen LogP contribution in [0.5, 0.6) is 0 Å². The predicted molar refractivity (Wildman–Crippen MR) is 66.9 cm³/mol. The van der Waals surface area contributed by atoms with E-state index >= 15 is 0 Å². The summed E-state index contributed by atoms with van der Waals surface area (Å²) in [6, 6.07) is 0. The highest BCUT2D eigenvalue weighted by atomic mass is 79.9. The van der Waals surface area contributed by atoms with Crippen LogP contribution in [-0.4, -0.2) is 23.2 Å². The fraction of sp³-hybridized carbons (Fsp3) is 1.00. The van der Waals surface area contributed by atoms with Crippen molar-refractivity contribution in [1.29, 1.82) is 0 Å². The van der Waals surface area contributed by atoms with Crippen molar-refractivity contribution in [2.45, 2.75) is 42.8 Å². The lowest BCUT2D eigenvalue weighted by Crippen LogP contribution is -2.30. The summed E-state index contributed by atoms with van der Waals surface area (Å²) in [5, 5.41) is 0. The molecule has 1 aliphatic rings. The third kappa shape index (κ3) is 4.19. The second-order valence-corrected chi connectivity index (χ2v) is 9.11. The molecule has 1 rings (SSSR count). The maximum atomic E-state index is 11.5. The van der Waals surface area contributed by atoms with E-state index in [9.17, 15) is 8.42 Å². The van der Waals surface area contributed by atoms with Gasteiger partial charge in [0.05, 0.1) is 5.75 Å². The summed E-state index contributed by atoms with van der Waals surface area (Å²) in [4.78, 5) is 0. The molecule has 0 aromatic carbocycles. The van der Waals surface area contributed by atoms with Crippen LogP contribution >= 0.6 is 31.9 Å². The lowest BCUT2D eigenvalue weighted by atomic mass is 10.0. The molecule has 0 aromatic rings. The Morgan fingerprint density at radius 1 is 1.07 bits per heavy atom. The van der Waals surface area contributed by atoms with Crippen LogP contribution < -0.4 is 0 Å². The molecule has 0 heterocycles. The summed E-state index contributed by atoms with van der Waals surface area (Å²) >= 11 is 6.66. The number of rotatable bonds is 3. The molecule has 0 amide bonds. The first kappa shape index (κ1) is 13.0. The zero-order valence-electron chi connectivity index (χ0n) is 8.14. The maximum Gasteiger partial charge on any atom is 0.161 e. The number of sulfone groups is 1. The highest BCUT2D eigenvalue weighted by Gasteiger charge is 2.32. The zero-order valence-corrected chi connectivity index (χ0v) is 12.1. The van der Waals surface area contributed by atoms with E-state index in [1.807, 2.05) is 0 Å². The fourth-order valence-corrected chi connectivity index (χ4v) is 5.19. The van der Waals surface area contributed by atoms with E-state index in [1.165, 1.54) is 12.8 Å². The van der Waals surface area contributed by atoms with Crippen LogP contribution in [0.3, 0.4) is 0 Å². The monoisotopic (exact) mass is 346 g/mol. The first-order chi connectivity index (χ1) is 6.47. The third-order valence-corrected chi connectivity index (χ3v) is 7.51. The standard InChI is InChI=1S/C9H16Br2O2S/c10-8-14(12,13)7-9(11)5-3-1-2-4-6-9/h1-8H2.